The third kappa shape index (κ3) is 1.41. The largest absolute Gasteiger partial charge is 0.367 e. The lowest BCUT2D eigenvalue weighted by Gasteiger charge is -2.18. The maximum Gasteiger partial charge on any atom is 0.128 e. The molecule has 1 aliphatic rings. The average Bonchev–Trinajstić information content (AvgIpc) is 2.62. The summed E-state index contributed by atoms with van der Waals surface area (Å²) in [7, 11) is 0. The zero-order valence-electron chi connectivity index (χ0n) is 8.39. The molecular formula is C12H14FN. The number of hydrogen-bond donors (Lipinski definition) is 0. The summed E-state index contributed by atoms with van der Waals surface area (Å²) in [6.07, 6.45) is 0.926. The Labute approximate surface area is 83.9 Å². The summed E-state index contributed by atoms with van der Waals surface area (Å²) >= 11 is 0. The van der Waals surface area contributed by atoms with Crippen molar-refractivity contribution in [1.82, 2.24) is 4.90 Å². The molecule has 0 amide bonds. The van der Waals surface area contributed by atoms with Crippen molar-refractivity contribution in [2.24, 2.45) is 0 Å². The molecule has 0 atom stereocenters. The summed E-state index contributed by atoms with van der Waals surface area (Å²) < 4.78 is 13.4. The minimum absolute atomic E-state index is 0.0890. The van der Waals surface area contributed by atoms with Crippen molar-refractivity contribution in [2.45, 2.75) is 26.4 Å². The van der Waals surface area contributed by atoms with Gasteiger partial charge < -0.3 is 4.90 Å². The number of rotatable bonds is 2. The lowest BCUT2D eigenvalue weighted by atomic mass is 10.1. The summed E-state index contributed by atoms with van der Waals surface area (Å²) in [5.41, 5.74) is 3.02. The molecule has 74 valence electrons. The fourth-order valence-electron chi connectivity index (χ4n) is 1.83. The van der Waals surface area contributed by atoms with Crippen LogP contribution in [0.15, 0.2) is 30.5 Å². The Hall–Kier alpha value is -1.31. The Bertz CT molecular complexity index is 371. The van der Waals surface area contributed by atoms with Gasteiger partial charge in [0.1, 0.15) is 5.82 Å². The molecule has 1 aromatic rings. The molecular weight excluding hydrogens is 177 g/mol. The molecule has 0 saturated carbocycles. The van der Waals surface area contributed by atoms with Crippen molar-refractivity contribution in [3.05, 3.63) is 47.4 Å². The second-order valence-electron chi connectivity index (χ2n) is 3.65. The molecule has 1 heterocycles. The molecule has 1 aliphatic heterocycles. The average molecular weight is 191 g/mol. The van der Waals surface area contributed by atoms with E-state index in [1.54, 1.807) is 6.07 Å². The summed E-state index contributed by atoms with van der Waals surface area (Å²) in [6.45, 7) is 7.52. The van der Waals surface area contributed by atoms with Crippen LogP contribution in [-0.4, -0.2) is 4.90 Å². The molecule has 1 aromatic carbocycles. The molecule has 2 rings (SSSR count). The molecule has 0 spiro atoms. The van der Waals surface area contributed by atoms with Gasteiger partial charge in [-0.05, 0) is 18.1 Å². The molecule has 0 aromatic heterocycles. The Morgan fingerprint density at radius 2 is 2.29 bits per heavy atom. The summed E-state index contributed by atoms with van der Waals surface area (Å²) in [6, 6.07) is 5.28. The van der Waals surface area contributed by atoms with Gasteiger partial charge in [0.25, 0.3) is 0 Å². The first-order valence-corrected chi connectivity index (χ1v) is 4.91. The molecule has 0 unspecified atom stereocenters. The van der Waals surface area contributed by atoms with Crippen LogP contribution in [0.25, 0.3) is 0 Å². The van der Waals surface area contributed by atoms with Crippen molar-refractivity contribution >= 4 is 0 Å². The molecule has 0 N–H and O–H groups in total. The number of halogens is 1. The standard InChI is InChI=1S/C12H14FN/c1-3-9(2)14-7-10-5-4-6-12(13)11(10)8-14/h4-6H,2-3,7-8H2,1H3. The second-order valence-corrected chi connectivity index (χ2v) is 3.65. The molecule has 14 heavy (non-hydrogen) atoms. The molecule has 0 aliphatic carbocycles. The Morgan fingerprint density at radius 3 is 2.93 bits per heavy atom. The fourth-order valence-corrected chi connectivity index (χ4v) is 1.83. The van der Waals surface area contributed by atoms with Gasteiger partial charge in [0.2, 0.25) is 0 Å². The summed E-state index contributed by atoms with van der Waals surface area (Å²) in [5, 5.41) is 0. The molecule has 0 fully saturated rings. The van der Waals surface area contributed by atoms with Crippen LogP contribution < -0.4 is 0 Å². The quantitative estimate of drug-likeness (QED) is 0.694. The Balaban J connectivity index is 2.26. The highest BCUT2D eigenvalue weighted by Crippen LogP contribution is 2.27. The van der Waals surface area contributed by atoms with Gasteiger partial charge in [-0.3, -0.25) is 0 Å². The van der Waals surface area contributed by atoms with Gasteiger partial charge in [0, 0.05) is 24.4 Å². The van der Waals surface area contributed by atoms with Crippen molar-refractivity contribution in [2.75, 3.05) is 0 Å². The minimum atomic E-state index is -0.0890. The molecule has 0 bridgehead atoms. The minimum Gasteiger partial charge on any atom is -0.367 e. The maximum atomic E-state index is 13.4. The van der Waals surface area contributed by atoms with Gasteiger partial charge >= 0.3 is 0 Å². The van der Waals surface area contributed by atoms with Crippen molar-refractivity contribution in [1.29, 1.82) is 0 Å². The third-order valence-electron chi connectivity index (χ3n) is 2.78. The van der Waals surface area contributed by atoms with E-state index in [2.05, 4.69) is 18.4 Å². The van der Waals surface area contributed by atoms with E-state index < -0.39 is 0 Å². The van der Waals surface area contributed by atoms with E-state index in [-0.39, 0.29) is 5.82 Å². The maximum absolute atomic E-state index is 13.4. The zero-order valence-corrected chi connectivity index (χ0v) is 8.39. The Morgan fingerprint density at radius 1 is 1.50 bits per heavy atom. The van der Waals surface area contributed by atoms with Crippen molar-refractivity contribution in [3.63, 3.8) is 0 Å². The van der Waals surface area contributed by atoms with Crippen LogP contribution in [0.2, 0.25) is 0 Å². The zero-order chi connectivity index (χ0) is 10.1. The van der Waals surface area contributed by atoms with E-state index in [0.717, 1.165) is 29.8 Å². The summed E-state index contributed by atoms with van der Waals surface area (Å²) in [4.78, 5) is 2.13. The van der Waals surface area contributed by atoms with Crippen molar-refractivity contribution in [3.8, 4) is 0 Å². The van der Waals surface area contributed by atoms with Crippen LogP contribution >= 0.6 is 0 Å². The fraction of sp³-hybridized carbons (Fsp3) is 0.333. The van der Waals surface area contributed by atoms with Gasteiger partial charge in [-0.15, -0.1) is 0 Å². The van der Waals surface area contributed by atoms with Crippen LogP contribution in [0.5, 0.6) is 0 Å². The highest BCUT2D eigenvalue weighted by atomic mass is 19.1. The number of nitrogens with zero attached hydrogens (tertiary/aromatic N) is 1. The lowest BCUT2D eigenvalue weighted by Crippen LogP contribution is -2.14. The van der Waals surface area contributed by atoms with Gasteiger partial charge in [0.15, 0.2) is 0 Å². The van der Waals surface area contributed by atoms with Crippen LogP contribution in [-0.2, 0) is 13.1 Å². The van der Waals surface area contributed by atoms with E-state index in [1.807, 2.05) is 6.07 Å². The second kappa shape index (κ2) is 3.45. The van der Waals surface area contributed by atoms with Crippen LogP contribution in [0.3, 0.4) is 0 Å². The van der Waals surface area contributed by atoms with Gasteiger partial charge in [0.05, 0.1) is 0 Å². The number of benzene rings is 1. The first-order chi connectivity index (χ1) is 6.72. The van der Waals surface area contributed by atoms with Crippen LogP contribution in [0.4, 0.5) is 4.39 Å². The number of allylic oxidation sites excluding steroid dienone is 1. The Kier molecular flexibility index (Phi) is 2.28. The molecule has 0 saturated heterocycles. The molecule has 0 radical (unpaired) electrons. The molecule has 1 nitrogen and oxygen atoms in total. The van der Waals surface area contributed by atoms with E-state index in [0.29, 0.717) is 6.54 Å². The monoisotopic (exact) mass is 191 g/mol. The first-order valence-electron chi connectivity index (χ1n) is 4.91. The highest BCUT2D eigenvalue weighted by molar-refractivity contribution is 5.33. The summed E-state index contributed by atoms with van der Waals surface area (Å²) in [5.74, 6) is -0.0890. The van der Waals surface area contributed by atoms with Gasteiger partial charge in [-0.1, -0.05) is 25.6 Å². The van der Waals surface area contributed by atoms with E-state index in [4.69, 9.17) is 0 Å². The van der Waals surface area contributed by atoms with Crippen molar-refractivity contribution < 1.29 is 4.39 Å². The predicted octanol–water partition coefficient (Wildman–Crippen LogP) is 3.07. The predicted molar refractivity (Wildman–Crippen MR) is 55.1 cm³/mol. The van der Waals surface area contributed by atoms with Gasteiger partial charge in [-0.2, -0.15) is 0 Å². The van der Waals surface area contributed by atoms with E-state index in [9.17, 15) is 4.39 Å². The smallest absolute Gasteiger partial charge is 0.128 e. The first kappa shape index (κ1) is 9.25. The van der Waals surface area contributed by atoms with Gasteiger partial charge in [-0.25, -0.2) is 4.39 Å². The van der Waals surface area contributed by atoms with Crippen LogP contribution in [0.1, 0.15) is 24.5 Å². The highest BCUT2D eigenvalue weighted by Gasteiger charge is 2.21. The lowest BCUT2D eigenvalue weighted by molar-refractivity contribution is 0.351. The third-order valence-corrected chi connectivity index (χ3v) is 2.78. The van der Waals surface area contributed by atoms with Crippen LogP contribution in [0, 0.1) is 5.82 Å². The van der Waals surface area contributed by atoms with E-state index >= 15 is 0 Å². The number of fused-ring (bicyclic) bond motifs is 1. The molecule has 2 heteroatoms. The number of hydrogen-bond acceptors (Lipinski definition) is 1. The SMILES string of the molecule is C=C(CC)N1Cc2cccc(F)c2C1. The topological polar surface area (TPSA) is 3.24 Å². The normalized spacial score (nSPS) is 14.3. The van der Waals surface area contributed by atoms with E-state index in [1.165, 1.54) is 6.07 Å².